The van der Waals surface area contributed by atoms with Gasteiger partial charge in [0.2, 0.25) is 5.91 Å². The number of ether oxygens (including phenoxy) is 2. The topological polar surface area (TPSA) is 171 Å². The van der Waals surface area contributed by atoms with E-state index >= 15 is 0 Å². The number of hydrogen-bond donors (Lipinski definition) is 5. The minimum absolute atomic E-state index is 0.113. The third-order valence-electron chi connectivity index (χ3n) is 7.25. The summed E-state index contributed by atoms with van der Waals surface area (Å²) in [7, 11) is 1.19. The number of pyridine rings is 1. The molecule has 1 aromatic heterocycles. The third-order valence-corrected chi connectivity index (χ3v) is 7.25. The fourth-order valence-corrected chi connectivity index (χ4v) is 4.71. The van der Waals surface area contributed by atoms with Crippen molar-refractivity contribution in [2.24, 2.45) is 0 Å². The number of methoxy groups -OCH3 is 1. The first-order chi connectivity index (χ1) is 23.0. The lowest BCUT2D eigenvalue weighted by Gasteiger charge is -2.32. The molecule has 4 unspecified atom stereocenters. The zero-order valence-electron chi connectivity index (χ0n) is 27.6. The van der Waals surface area contributed by atoms with Crippen LogP contribution in [0.3, 0.4) is 0 Å². The molecule has 48 heavy (non-hydrogen) atoms. The van der Waals surface area contributed by atoms with Gasteiger partial charge in [0.15, 0.2) is 0 Å². The molecule has 0 saturated heterocycles. The first kappa shape index (κ1) is 37.2. The average Bonchev–Trinajstić information content (AvgIpc) is 3.07. The van der Waals surface area contributed by atoms with E-state index in [2.05, 4.69) is 37.7 Å². The van der Waals surface area contributed by atoms with Crippen molar-refractivity contribution in [1.82, 2.24) is 31.4 Å². The number of nitrogens with zero attached hydrogens (tertiary/aromatic N) is 2. The standard InChI is InChI=1S/C35H44N6O7/c1-6-28(39-35(46)48-23(2)3)33(44)38-30(20-25-12-8-7-9-13-25)31(42)22-41(40-32(43)24(4)37-34(45)47-5)21-26-15-17-27(18-16-26)29-14-10-11-19-36-29/h7-19,24,28,30-31,42H,2,6,20-22H2,1,3-5H3,(H,37,45)(H,38,44)(H,39,46)(H,40,43). The Bertz CT molecular complexity index is 1500. The van der Waals surface area contributed by atoms with Crippen molar-refractivity contribution in [3.8, 4) is 11.3 Å². The van der Waals surface area contributed by atoms with E-state index in [1.54, 1.807) is 13.1 Å². The fourth-order valence-electron chi connectivity index (χ4n) is 4.71. The Labute approximate surface area is 280 Å². The summed E-state index contributed by atoms with van der Waals surface area (Å²) < 4.78 is 9.56. The van der Waals surface area contributed by atoms with Crippen molar-refractivity contribution in [1.29, 1.82) is 0 Å². The predicted molar refractivity (Wildman–Crippen MR) is 180 cm³/mol. The minimum atomic E-state index is -1.20. The van der Waals surface area contributed by atoms with Crippen molar-refractivity contribution >= 4 is 24.0 Å². The Morgan fingerprint density at radius 2 is 1.58 bits per heavy atom. The number of benzene rings is 2. The van der Waals surface area contributed by atoms with Crippen LogP contribution in [0.5, 0.6) is 0 Å². The van der Waals surface area contributed by atoms with Gasteiger partial charge in [-0.3, -0.25) is 20.0 Å². The molecule has 0 fully saturated rings. The van der Waals surface area contributed by atoms with E-state index in [-0.39, 0.29) is 31.7 Å². The second kappa shape index (κ2) is 18.8. The van der Waals surface area contributed by atoms with Gasteiger partial charge >= 0.3 is 12.2 Å². The van der Waals surface area contributed by atoms with Crippen LogP contribution in [0.2, 0.25) is 0 Å². The quantitative estimate of drug-likeness (QED) is 0.114. The third kappa shape index (κ3) is 12.2. The monoisotopic (exact) mass is 660 g/mol. The Morgan fingerprint density at radius 1 is 0.896 bits per heavy atom. The number of carbonyl (C=O) groups is 4. The molecule has 0 saturated carbocycles. The molecule has 13 heteroatoms. The second-order valence-electron chi connectivity index (χ2n) is 11.2. The maximum atomic E-state index is 13.4. The molecule has 0 spiro atoms. The molecule has 4 atom stereocenters. The molecule has 0 radical (unpaired) electrons. The lowest BCUT2D eigenvalue weighted by molar-refractivity contribution is -0.129. The molecule has 3 rings (SSSR count). The SMILES string of the molecule is C=C(C)OC(=O)NC(CC)C(=O)NC(Cc1ccccc1)C(O)CN(Cc1ccc(-c2ccccn2)cc1)NC(=O)C(C)NC(=O)OC. The zero-order chi connectivity index (χ0) is 35.1. The smallest absolute Gasteiger partial charge is 0.412 e. The highest BCUT2D eigenvalue weighted by Gasteiger charge is 2.29. The number of allylic oxidation sites excluding steroid dienone is 1. The van der Waals surface area contributed by atoms with Crippen molar-refractivity contribution < 1.29 is 33.8 Å². The molecule has 256 valence electrons. The number of alkyl carbamates (subject to hydrolysis) is 2. The molecule has 0 aliphatic heterocycles. The molecular weight excluding hydrogens is 616 g/mol. The number of aliphatic hydroxyl groups excluding tert-OH is 1. The number of carbonyl (C=O) groups excluding carboxylic acids is 4. The number of hydrazine groups is 1. The lowest BCUT2D eigenvalue weighted by atomic mass is 10.00. The van der Waals surface area contributed by atoms with Gasteiger partial charge in [-0.05, 0) is 49.9 Å². The number of rotatable bonds is 16. The maximum Gasteiger partial charge on any atom is 0.412 e. The van der Waals surface area contributed by atoms with Gasteiger partial charge in [0.1, 0.15) is 12.1 Å². The summed E-state index contributed by atoms with van der Waals surface area (Å²) in [5, 5.41) is 21.0. The molecule has 3 aromatic rings. The van der Waals surface area contributed by atoms with Crippen LogP contribution in [-0.2, 0) is 32.0 Å². The summed E-state index contributed by atoms with van der Waals surface area (Å²) >= 11 is 0. The fraction of sp³-hybridized carbons (Fsp3) is 0.343. The van der Waals surface area contributed by atoms with E-state index in [1.165, 1.54) is 26.0 Å². The summed E-state index contributed by atoms with van der Waals surface area (Å²) in [6, 6.07) is 19.8. The number of aromatic nitrogens is 1. The van der Waals surface area contributed by atoms with E-state index < -0.39 is 48.2 Å². The van der Waals surface area contributed by atoms with Crippen molar-refractivity contribution in [2.45, 2.75) is 64.4 Å². The van der Waals surface area contributed by atoms with Crippen molar-refractivity contribution in [2.75, 3.05) is 13.7 Å². The van der Waals surface area contributed by atoms with Crippen LogP contribution in [0, 0.1) is 0 Å². The van der Waals surface area contributed by atoms with Gasteiger partial charge in [0.05, 0.1) is 30.7 Å². The van der Waals surface area contributed by atoms with Crippen molar-refractivity contribution in [3.63, 3.8) is 0 Å². The van der Waals surface area contributed by atoms with Gasteiger partial charge in [0.25, 0.3) is 5.91 Å². The minimum Gasteiger partial charge on any atom is -0.453 e. The first-order valence-corrected chi connectivity index (χ1v) is 15.6. The predicted octanol–water partition coefficient (Wildman–Crippen LogP) is 3.45. The molecule has 0 aliphatic rings. The molecule has 13 nitrogen and oxygen atoms in total. The van der Waals surface area contributed by atoms with Crippen LogP contribution in [0.15, 0.2) is 91.3 Å². The Kier molecular flexibility index (Phi) is 14.5. The Hall–Kier alpha value is -5.27. The highest BCUT2D eigenvalue weighted by atomic mass is 16.6. The van der Waals surface area contributed by atoms with Crippen LogP contribution in [-0.4, -0.2) is 77.0 Å². The Morgan fingerprint density at radius 3 is 2.19 bits per heavy atom. The van der Waals surface area contributed by atoms with Crippen LogP contribution in [0.4, 0.5) is 9.59 Å². The number of aliphatic hydroxyl groups is 1. The Balaban J connectivity index is 1.84. The van der Waals surface area contributed by atoms with Gasteiger partial charge in [-0.15, -0.1) is 0 Å². The van der Waals surface area contributed by atoms with Gasteiger partial charge in [-0.1, -0.05) is 74.2 Å². The molecule has 4 amide bonds. The second-order valence-corrected chi connectivity index (χ2v) is 11.2. The summed E-state index contributed by atoms with van der Waals surface area (Å²) in [6.45, 7) is 8.34. The number of nitrogens with one attached hydrogen (secondary N) is 4. The maximum absolute atomic E-state index is 13.4. The van der Waals surface area contributed by atoms with Crippen LogP contribution < -0.4 is 21.4 Å². The highest BCUT2D eigenvalue weighted by molar-refractivity contribution is 5.86. The van der Waals surface area contributed by atoms with E-state index in [0.717, 1.165) is 22.4 Å². The van der Waals surface area contributed by atoms with Crippen LogP contribution in [0.1, 0.15) is 38.3 Å². The summed E-state index contributed by atoms with van der Waals surface area (Å²) in [5.41, 5.74) is 6.15. The zero-order valence-corrected chi connectivity index (χ0v) is 27.6. The largest absolute Gasteiger partial charge is 0.453 e. The van der Waals surface area contributed by atoms with Crippen LogP contribution >= 0.6 is 0 Å². The van der Waals surface area contributed by atoms with Gasteiger partial charge in [-0.2, -0.15) is 0 Å². The van der Waals surface area contributed by atoms with Crippen LogP contribution in [0.25, 0.3) is 11.3 Å². The summed E-state index contributed by atoms with van der Waals surface area (Å²) in [4.78, 5) is 54.8. The molecular formula is C35H44N6O7. The first-order valence-electron chi connectivity index (χ1n) is 15.6. The van der Waals surface area contributed by atoms with Crippen molar-refractivity contribution in [3.05, 3.63) is 102 Å². The van der Waals surface area contributed by atoms with E-state index in [0.29, 0.717) is 0 Å². The number of hydrogen-bond acceptors (Lipinski definition) is 9. The van der Waals surface area contributed by atoms with Gasteiger partial charge in [-0.25, -0.2) is 14.6 Å². The normalized spacial score (nSPS) is 13.3. The van der Waals surface area contributed by atoms with E-state index in [4.69, 9.17) is 4.74 Å². The molecule has 2 aromatic carbocycles. The number of amides is 4. The highest BCUT2D eigenvalue weighted by Crippen LogP contribution is 2.18. The lowest BCUT2D eigenvalue weighted by Crippen LogP contribution is -2.57. The van der Waals surface area contributed by atoms with E-state index in [9.17, 15) is 24.3 Å². The summed E-state index contributed by atoms with van der Waals surface area (Å²) in [6.07, 6.45) is -0.573. The molecule has 0 aliphatic carbocycles. The molecule has 0 bridgehead atoms. The molecule has 5 N–H and O–H groups in total. The van der Waals surface area contributed by atoms with E-state index in [1.807, 2.05) is 72.8 Å². The van der Waals surface area contributed by atoms with Gasteiger partial charge < -0.3 is 30.5 Å². The average molecular weight is 661 g/mol. The summed E-state index contributed by atoms with van der Waals surface area (Å²) in [5.74, 6) is -0.898. The van der Waals surface area contributed by atoms with Gasteiger partial charge in [0, 0.05) is 24.8 Å². The molecule has 1 heterocycles.